The fourth-order valence-electron chi connectivity index (χ4n) is 3.50. The Balaban J connectivity index is 0.00000306. The van der Waals surface area contributed by atoms with Crippen molar-refractivity contribution in [2.75, 3.05) is 7.11 Å². The molecule has 6 nitrogen and oxygen atoms in total. The van der Waals surface area contributed by atoms with Crippen LogP contribution in [-0.2, 0) is 18.6 Å². The van der Waals surface area contributed by atoms with Crippen LogP contribution in [-0.4, -0.2) is 26.9 Å². The number of imidazole rings is 1. The van der Waals surface area contributed by atoms with Gasteiger partial charge < -0.3 is 14.7 Å². The summed E-state index contributed by atoms with van der Waals surface area (Å²) in [7, 11) is 3.11. The molecule has 11 heteroatoms. The Labute approximate surface area is 215 Å². The molecule has 0 aliphatic carbocycles. The molecule has 0 unspecified atom stereocenters. The van der Waals surface area contributed by atoms with E-state index in [1.54, 1.807) is 11.7 Å². The van der Waals surface area contributed by atoms with Gasteiger partial charge in [0.1, 0.15) is 0 Å². The van der Waals surface area contributed by atoms with E-state index < -0.39 is 11.7 Å². The summed E-state index contributed by atoms with van der Waals surface area (Å²) >= 11 is 6.61. The Morgan fingerprint density at radius 2 is 1.76 bits per heavy atom. The average molecular weight is 486 g/mol. The van der Waals surface area contributed by atoms with Gasteiger partial charge in [0.25, 0.3) is 0 Å². The summed E-state index contributed by atoms with van der Waals surface area (Å²) in [6.07, 6.45) is -4.53. The van der Waals surface area contributed by atoms with Crippen molar-refractivity contribution in [2.24, 2.45) is 7.05 Å². The maximum Gasteiger partial charge on any atom is 1.00 e. The van der Waals surface area contributed by atoms with Crippen LogP contribution < -0.4 is 39.3 Å². The molecule has 0 atom stereocenters. The molecule has 1 aromatic carbocycles. The molecule has 3 aromatic heterocycles. The van der Waals surface area contributed by atoms with Gasteiger partial charge >= 0.3 is 35.7 Å². The number of methoxy groups -OCH3 is 1. The first-order chi connectivity index (χ1) is 14.9. The van der Waals surface area contributed by atoms with E-state index >= 15 is 0 Å². The van der Waals surface area contributed by atoms with E-state index in [9.17, 15) is 13.2 Å². The first-order valence-corrected chi connectivity index (χ1v) is 10.1. The van der Waals surface area contributed by atoms with Gasteiger partial charge in [-0.25, -0.2) is 4.98 Å². The third-order valence-corrected chi connectivity index (χ3v) is 5.36. The smallest absolute Gasteiger partial charge is 0.481 e. The molecule has 4 rings (SSSR count). The summed E-state index contributed by atoms with van der Waals surface area (Å²) in [5.74, 6) is 0.361. The molecule has 0 N–H and O–H groups in total. The van der Waals surface area contributed by atoms with Gasteiger partial charge in [-0.05, 0) is 23.5 Å². The van der Waals surface area contributed by atoms with Gasteiger partial charge in [-0.15, -0.1) is 0 Å². The molecule has 0 amide bonds. The molecule has 0 aliphatic heterocycles. The Morgan fingerprint density at radius 3 is 2.33 bits per heavy atom. The summed E-state index contributed by atoms with van der Waals surface area (Å²) in [6, 6.07) is 6.70. The van der Waals surface area contributed by atoms with Crippen LogP contribution in [0.1, 0.15) is 32.0 Å². The monoisotopic (exact) mass is 485 g/mol. The van der Waals surface area contributed by atoms with Gasteiger partial charge in [-0.3, -0.25) is 4.68 Å². The number of benzene rings is 1. The van der Waals surface area contributed by atoms with E-state index in [1.165, 1.54) is 31.4 Å². The molecule has 0 radical (unpaired) electrons. The van der Waals surface area contributed by atoms with E-state index in [4.69, 9.17) is 16.3 Å². The number of aryl methyl sites for hydroxylation is 1. The predicted molar refractivity (Wildman–Crippen MR) is 116 cm³/mol. The molecule has 0 saturated heterocycles. The molecular weight excluding hydrogens is 466 g/mol. The third kappa shape index (κ3) is 4.64. The standard InChI is InChI=1S/C22H20ClF3N5O.Na/c1-21(2,3)18-15(23)17(31(4)30-18)19-27-14-10-13(28-20(32-5)16(14)29-19)11-8-6-7-9-12(11)22(24,25)26;/h6-10H,1-5H3;/q-1;+1. The Hall–Kier alpha value is -2.07. The number of aromatic nitrogens is 5. The van der Waals surface area contributed by atoms with Crippen LogP contribution in [0.25, 0.3) is 33.8 Å². The van der Waals surface area contributed by atoms with Crippen molar-refractivity contribution >= 4 is 22.6 Å². The fourth-order valence-corrected chi connectivity index (χ4v) is 4.03. The van der Waals surface area contributed by atoms with Gasteiger partial charge in [-0.2, -0.15) is 18.3 Å². The van der Waals surface area contributed by atoms with Crippen LogP contribution in [0.15, 0.2) is 30.3 Å². The molecule has 0 aliphatic rings. The predicted octanol–water partition coefficient (Wildman–Crippen LogP) is 2.64. The fraction of sp³-hybridized carbons (Fsp3) is 0.318. The molecule has 3 heterocycles. The molecule has 4 aromatic rings. The zero-order valence-electron chi connectivity index (χ0n) is 19.0. The minimum atomic E-state index is -4.53. The molecule has 0 spiro atoms. The Bertz CT molecular complexity index is 1320. The van der Waals surface area contributed by atoms with Crippen molar-refractivity contribution in [1.29, 1.82) is 0 Å². The van der Waals surface area contributed by atoms with Crippen molar-refractivity contribution < 1.29 is 47.5 Å². The van der Waals surface area contributed by atoms with Gasteiger partial charge in [0, 0.05) is 23.5 Å². The summed E-state index contributed by atoms with van der Waals surface area (Å²) < 4.78 is 47.5. The quantitative estimate of drug-likeness (QED) is 0.417. The number of hydrogen-bond acceptors (Lipinski definition) is 4. The number of pyridine rings is 1. The molecule has 0 bridgehead atoms. The molecule has 168 valence electrons. The van der Waals surface area contributed by atoms with Crippen LogP contribution in [0.5, 0.6) is 5.88 Å². The minimum Gasteiger partial charge on any atom is -0.481 e. The van der Waals surface area contributed by atoms with Gasteiger partial charge in [0.2, 0.25) is 5.88 Å². The van der Waals surface area contributed by atoms with E-state index in [0.717, 1.165) is 6.07 Å². The molecular formula is C22H20ClF3N5NaO. The number of rotatable bonds is 3. The zero-order valence-corrected chi connectivity index (χ0v) is 21.8. The number of ether oxygens (including phenoxy) is 1. The van der Waals surface area contributed by atoms with Crippen molar-refractivity contribution in [3.05, 3.63) is 46.6 Å². The topological polar surface area (TPSA) is 66.9 Å². The first kappa shape index (κ1) is 25.6. The second kappa shape index (κ2) is 8.94. The second-order valence-corrected chi connectivity index (χ2v) is 8.74. The summed E-state index contributed by atoms with van der Waals surface area (Å²) in [5.41, 5.74) is 0.783. The van der Waals surface area contributed by atoms with Crippen LogP contribution in [0, 0.1) is 0 Å². The number of alkyl halides is 3. The second-order valence-electron chi connectivity index (χ2n) is 8.36. The number of hydrogen-bond donors (Lipinski definition) is 0. The molecule has 33 heavy (non-hydrogen) atoms. The van der Waals surface area contributed by atoms with Gasteiger partial charge in [0.15, 0.2) is 0 Å². The van der Waals surface area contributed by atoms with Crippen molar-refractivity contribution in [3.8, 4) is 28.7 Å². The van der Waals surface area contributed by atoms with Crippen LogP contribution in [0.3, 0.4) is 0 Å². The van der Waals surface area contributed by atoms with Crippen molar-refractivity contribution in [3.63, 3.8) is 0 Å². The number of nitrogens with zero attached hydrogens (tertiary/aromatic N) is 5. The summed E-state index contributed by atoms with van der Waals surface area (Å²) in [5, 5.41) is 4.93. The minimum absolute atomic E-state index is 0. The third-order valence-electron chi connectivity index (χ3n) is 5.00. The van der Waals surface area contributed by atoms with E-state index in [2.05, 4.69) is 20.1 Å². The van der Waals surface area contributed by atoms with Crippen LogP contribution in [0.4, 0.5) is 13.2 Å². The number of halogens is 4. The SMILES string of the molecule is COc1nc(-c2ccccc2C(F)(F)F)cc2nc(-c3c(Cl)c(C(C)(C)C)nn3C)[n-]c12.[Na+]. The molecule has 0 fully saturated rings. The first-order valence-electron chi connectivity index (χ1n) is 9.71. The zero-order chi connectivity index (χ0) is 23.4. The summed E-state index contributed by atoms with van der Waals surface area (Å²) in [6.45, 7) is 5.97. The van der Waals surface area contributed by atoms with Crippen molar-refractivity contribution in [1.82, 2.24) is 24.7 Å². The van der Waals surface area contributed by atoms with E-state index in [1.807, 2.05) is 20.8 Å². The van der Waals surface area contributed by atoms with E-state index in [-0.39, 0.29) is 57.9 Å². The Kier molecular flexibility index (Phi) is 6.92. The van der Waals surface area contributed by atoms with Crippen LogP contribution >= 0.6 is 11.6 Å². The van der Waals surface area contributed by atoms with E-state index in [0.29, 0.717) is 27.4 Å². The van der Waals surface area contributed by atoms with Crippen LogP contribution in [0.2, 0.25) is 5.02 Å². The largest absolute Gasteiger partial charge is 1.00 e. The van der Waals surface area contributed by atoms with Gasteiger partial charge in [-0.1, -0.05) is 50.6 Å². The normalized spacial score (nSPS) is 12.2. The molecule has 0 saturated carbocycles. The average Bonchev–Trinajstić information content (AvgIpc) is 3.26. The maximum absolute atomic E-state index is 13.5. The number of fused-ring (bicyclic) bond motifs is 1. The summed E-state index contributed by atoms with van der Waals surface area (Å²) in [4.78, 5) is 13.3. The maximum atomic E-state index is 13.5. The van der Waals surface area contributed by atoms with Crippen molar-refractivity contribution in [2.45, 2.75) is 32.4 Å². The Morgan fingerprint density at radius 1 is 1.09 bits per heavy atom. The van der Waals surface area contributed by atoms with Gasteiger partial charge in [0.05, 0.1) is 34.8 Å².